The molecule has 0 heterocycles. The number of benzene rings is 2. The first kappa shape index (κ1) is 28.3. The number of hydrogen-bond donors (Lipinski definition) is 2. The first-order valence-corrected chi connectivity index (χ1v) is 13.1. The maximum atomic E-state index is 13.3. The van der Waals surface area contributed by atoms with E-state index in [0.717, 1.165) is 60.9 Å². The van der Waals surface area contributed by atoms with Crippen molar-refractivity contribution in [2.24, 2.45) is 0 Å². The summed E-state index contributed by atoms with van der Waals surface area (Å²) in [5.74, 6) is -3.90. The van der Waals surface area contributed by atoms with Crippen molar-refractivity contribution in [2.45, 2.75) is 50.9 Å². The van der Waals surface area contributed by atoms with Gasteiger partial charge < -0.3 is 10.6 Å². The van der Waals surface area contributed by atoms with Crippen LogP contribution in [0.25, 0.3) is 0 Å². The molecule has 1 aliphatic rings. The molecule has 7 nitrogen and oxygen atoms in total. The number of alkyl halides is 3. The van der Waals surface area contributed by atoms with Gasteiger partial charge in [-0.25, -0.2) is 4.39 Å². The number of nitrogens with one attached hydrogen (secondary N) is 2. The van der Waals surface area contributed by atoms with E-state index in [1.165, 1.54) is 25.1 Å². The average molecular weight is 542 g/mol. The Kier molecular flexibility index (Phi) is 9.41. The molecule has 2 unspecified atom stereocenters. The average Bonchev–Trinajstić information content (AvgIpc) is 3.33. The third-order valence-electron chi connectivity index (χ3n) is 5.89. The largest absolute Gasteiger partial charge is 0.416 e. The lowest BCUT2D eigenvalue weighted by molar-refractivity contribution is -0.137. The molecule has 2 atom stereocenters. The number of hydrogen-bond acceptors (Lipinski definition) is 4. The lowest BCUT2D eigenvalue weighted by Crippen LogP contribution is -2.51. The summed E-state index contributed by atoms with van der Waals surface area (Å²) in [4.78, 5) is 39.2. The topological polar surface area (TPSA) is 95.6 Å². The van der Waals surface area contributed by atoms with Crippen LogP contribution in [0.1, 0.15) is 38.2 Å². The van der Waals surface area contributed by atoms with Gasteiger partial charge in [0.1, 0.15) is 23.4 Å². The number of rotatable bonds is 9. The third-order valence-corrected chi connectivity index (χ3v) is 7.05. The lowest BCUT2D eigenvalue weighted by Gasteiger charge is -2.30. The van der Waals surface area contributed by atoms with Gasteiger partial charge in [0.05, 0.1) is 5.56 Å². The van der Waals surface area contributed by atoms with Gasteiger partial charge in [0.25, 0.3) is 0 Å². The molecule has 2 aromatic rings. The van der Waals surface area contributed by atoms with Crippen LogP contribution in [0.4, 0.5) is 28.9 Å². The lowest BCUT2D eigenvalue weighted by atomic mass is 10.1. The molecular formula is C25H27F4N3O4S. The summed E-state index contributed by atoms with van der Waals surface area (Å²) in [6, 6.07) is 7.56. The smallest absolute Gasteiger partial charge is 0.352 e. The van der Waals surface area contributed by atoms with Crippen LogP contribution >= 0.6 is 0 Å². The van der Waals surface area contributed by atoms with E-state index < -0.39 is 63.6 Å². The van der Waals surface area contributed by atoms with E-state index in [1.807, 2.05) is 0 Å². The summed E-state index contributed by atoms with van der Waals surface area (Å²) in [5, 5.41) is 5.25. The number of nitrogens with zero attached hydrogens (tertiary/aromatic N) is 1. The molecule has 0 saturated heterocycles. The van der Waals surface area contributed by atoms with Crippen LogP contribution in [-0.2, 0) is 31.4 Å². The van der Waals surface area contributed by atoms with Gasteiger partial charge in [0, 0.05) is 28.2 Å². The normalized spacial score (nSPS) is 15.6. The molecule has 0 spiro atoms. The minimum Gasteiger partial charge on any atom is -0.352 e. The Hall–Kier alpha value is -3.28. The molecule has 3 amide bonds. The molecule has 2 N–H and O–H groups in total. The van der Waals surface area contributed by atoms with Crippen molar-refractivity contribution in [2.75, 3.05) is 21.7 Å². The number of anilines is 2. The Morgan fingerprint density at radius 2 is 1.70 bits per heavy atom. The van der Waals surface area contributed by atoms with Crippen molar-refractivity contribution in [3.8, 4) is 0 Å². The van der Waals surface area contributed by atoms with E-state index in [0.29, 0.717) is 0 Å². The van der Waals surface area contributed by atoms with Crippen molar-refractivity contribution in [3.63, 3.8) is 0 Å². The fourth-order valence-corrected chi connectivity index (χ4v) is 4.94. The number of halogens is 4. The Bertz CT molecular complexity index is 1150. The zero-order valence-corrected chi connectivity index (χ0v) is 20.8. The van der Waals surface area contributed by atoms with Gasteiger partial charge in [-0.1, -0.05) is 18.9 Å². The first-order valence-electron chi connectivity index (χ1n) is 11.6. The Morgan fingerprint density at radius 1 is 1.05 bits per heavy atom. The van der Waals surface area contributed by atoms with Gasteiger partial charge in [-0.3, -0.25) is 23.5 Å². The monoisotopic (exact) mass is 541 g/mol. The van der Waals surface area contributed by atoms with Crippen molar-refractivity contribution in [1.29, 1.82) is 0 Å². The second-order valence-corrected chi connectivity index (χ2v) is 10.2. The second kappa shape index (κ2) is 12.3. The van der Waals surface area contributed by atoms with Crippen LogP contribution in [0.3, 0.4) is 0 Å². The minimum absolute atomic E-state index is 0.0855. The maximum absolute atomic E-state index is 13.3. The highest BCUT2D eigenvalue weighted by Gasteiger charge is 2.34. The summed E-state index contributed by atoms with van der Waals surface area (Å²) in [6.45, 7) is 1.38. The fourth-order valence-electron chi connectivity index (χ4n) is 4.06. The highest BCUT2D eigenvalue weighted by atomic mass is 32.2. The predicted molar refractivity (Wildman–Crippen MR) is 132 cm³/mol. The summed E-state index contributed by atoms with van der Waals surface area (Å²) in [7, 11) is -2.04. The highest BCUT2D eigenvalue weighted by Crippen LogP contribution is 2.32. The molecule has 200 valence electrons. The first-order chi connectivity index (χ1) is 17.4. The van der Waals surface area contributed by atoms with Crippen LogP contribution < -0.4 is 15.5 Å². The van der Waals surface area contributed by atoms with E-state index in [2.05, 4.69) is 10.6 Å². The number of carbonyl (C=O) groups excluding carboxylic acids is 3. The minimum atomic E-state index is -4.68. The summed E-state index contributed by atoms with van der Waals surface area (Å²) < 4.78 is 65.6. The van der Waals surface area contributed by atoms with Gasteiger partial charge in [-0.05, 0) is 62.2 Å². The molecule has 2 aromatic carbocycles. The predicted octanol–water partition coefficient (Wildman–Crippen LogP) is 4.01. The molecule has 0 bridgehead atoms. The number of carbonyl (C=O) groups is 3. The molecule has 37 heavy (non-hydrogen) atoms. The quantitative estimate of drug-likeness (QED) is 0.469. The third kappa shape index (κ3) is 8.11. The molecule has 3 rings (SSSR count). The summed E-state index contributed by atoms with van der Waals surface area (Å²) in [6.07, 6.45) is -1.27. The van der Waals surface area contributed by atoms with Crippen LogP contribution in [0, 0.1) is 5.82 Å². The van der Waals surface area contributed by atoms with E-state index in [-0.39, 0.29) is 17.4 Å². The zero-order chi connectivity index (χ0) is 27.2. The Morgan fingerprint density at radius 3 is 2.32 bits per heavy atom. The van der Waals surface area contributed by atoms with E-state index in [9.17, 15) is 36.2 Å². The number of amides is 3. The Labute approximate surface area is 214 Å². The Balaban J connectivity index is 1.75. The zero-order valence-electron chi connectivity index (χ0n) is 20.0. The van der Waals surface area contributed by atoms with Gasteiger partial charge in [-0.15, -0.1) is 0 Å². The second-order valence-electron chi connectivity index (χ2n) is 8.76. The van der Waals surface area contributed by atoms with Crippen LogP contribution in [0.5, 0.6) is 0 Å². The fraction of sp³-hybridized carbons (Fsp3) is 0.400. The molecule has 0 radical (unpaired) electrons. The molecule has 0 aromatic heterocycles. The van der Waals surface area contributed by atoms with Crippen molar-refractivity contribution < 1.29 is 36.2 Å². The molecular weight excluding hydrogens is 514 g/mol. The van der Waals surface area contributed by atoms with Gasteiger partial charge >= 0.3 is 6.18 Å². The van der Waals surface area contributed by atoms with Crippen molar-refractivity contribution in [3.05, 3.63) is 59.9 Å². The van der Waals surface area contributed by atoms with Crippen LogP contribution in [0.15, 0.2) is 48.5 Å². The van der Waals surface area contributed by atoms with E-state index in [1.54, 1.807) is 0 Å². The van der Waals surface area contributed by atoms with Crippen LogP contribution in [-0.4, -0.2) is 45.5 Å². The van der Waals surface area contributed by atoms with E-state index >= 15 is 0 Å². The molecule has 12 heteroatoms. The molecule has 0 aliphatic heterocycles. The van der Waals surface area contributed by atoms with Crippen molar-refractivity contribution in [1.82, 2.24) is 5.32 Å². The van der Waals surface area contributed by atoms with Crippen molar-refractivity contribution >= 4 is 39.9 Å². The summed E-state index contributed by atoms with van der Waals surface area (Å²) in [5.41, 5.74) is -0.926. The van der Waals surface area contributed by atoms with Gasteiger partial charge in [0.2, 0.25) is 17.7 Å². The maximum Gasteiger partial charge on any atom is 0.416 e. The molecule has 1 fully saturated rings. The highest BCUT2D eigenvalue weighted by molar-refractivity contribution is 7.86. The van der Waals surface area contributed by atoms with Gasteiger partial charge in [0.15, 0.2) is 0 Å². The SMILES string of the molecule is CC(C(=O)NC1CCCC1)N(C(=O)CS(=O)CC(=O)Nc1ccc(F)cc1)c1cccc(C(F)(F)F)c1. The van der Waals surface area contributed by atoms with Gasteiger partial charge in [-0.2, -0.15) is 13.2 Å². The van der Waals surface area contributed by atoms with E-state index in [4.69, 9.17) is 0 Å². The standard InChI is InChI=1S/C25H27F4N3O4S/c1-16(24(35)31-19-6-2-3-7-19)32(21-8-4-5-17(13-21)25(27,28)29)23(34)15-37(36)14-22(33)30-20-11-9-18(26)10-12-20/h4-5,8-13,16,19H,2-3,6-7,14-15H2,1H3,(H,30,33)(H,31,35). The summed E-state index contributed by atoms with van der Waals surface area (Å²) >= 11 is 0. The molecule has 1 saturated carbocycles. The molecule has 1 aliphatic carbocycles. The van der Waals surface area contributed by atoms with Crippen LogP contribution in [0.2, 0.25) is 0 Å².